The van der Waals surface area contributed by atoms with Gasteiger partial charge in [-0.1, -0.05) is 18.2 Å². The molecule has 1 heterocycles. The van der Waals surface area contributed by atoms with Crippen molar-refractivity contribution in [1.29, 1.82) is 0 Å². The molecule has 0 radical (unpaired) electrons. The minimum absolute atomic E-state index is 0.0121. The van der Waals surface area contributed by atoms with Gasteiger partial charge in [0.1, 0.15) is 0 Å². The van der Waals surface area contributed by atoms with Crippen LogP contribution in [0.4, 0.5) is 17.1 Å². The Kier molecular flexibility index (Phi) is 5.84. The molecule has 148 valence electrons. The second-order valence-electron chi connectivity index (χ2n) is 5.98. The molecule has 0 aliphatic carbocycles. The molecule has 10 heteroatoms. The van der Waals surface area contributed by atoms with Crippen molar-refractivity contribution in [1.82, 2.24) is 4.98 Å². The van der Waals surface area contributed by atoms with Gasteiger partial charge in [0.15, 0.2) is 0 Å². The zero-order valence-electron chi connectivity index (χ0n) is 15.0. The van der Waals surface area contributed by atoms with E-state index in [0.29, 0.717) is 11.4 Å². The third-order valence-electron chi connectivity index (χ3n) is 3.90. The zero-order chi connectivity index (χ0) is 20.9. The highest BCUT2D eigenvalue weighted by molar-refractivity contribution is 7.92. The van der Waals surface area contributed by atoms with Crippen LogP contribution in [0.5, 0.6) is 0 Å². The normalized spacial score (nSPS) is 10.9. The summed E-state index contributed by atoms with van der Waals surface area (Å²) >= 11 is 0. The largest absolute Gasteiger partial charge is 0.326 e. The quantitative estimate of drug-likeness (QED) is 0.453. The summed E-state index contributed by atoms with van der Waals surface area (Å²) in [6, 6.07) is 14.7. The van der Waals surface area contributed by atoms with Crippen LogP contribution in [-0.2, 0) is 21.2 Å². The standard InChI is InChI=1S/C19H16N4O5S/c24-19(12-14-4-1-2-6-18(14)23(25)26)21-15-7-9-17(10-8-15)29(27,28)22-16-5-3-11-20-13-16/h1-11,13,22H,12H2,(H,21,24). The van der Waals surface area contributed by atoms with Crippen LogP contribution in [-0.4, -0.2) is 24.2 Å². The van der Waals surface area contributed by atoms with E-state index in [0.717, 1.165) is 0 Å². The summed E-state index contributed by atoms with van der Waals surface area (Å²) in [7, 11) is -3.80. The number of benzene rings is 2. The van der Waals surface area contributed by atoms with Gasteiger partial charge >= 0.3 is 0 Å². The summed E-state index contributed by atoms with van der Waals surface area (Å²) in [4.78, 5) is 26.6. The van der Waals surface area contributed by atoms with Gasteiger partial charge in [-0.3, -0.25) is 24.6 Å². The van der Waals surface area contributed by atoms with Gasteiger partial charge in [-0.05, 0) is 36.4 Å². The maximum atomic E-state index is 12.4. The smallest absolute Gasteiger partial charge is 0.273 e. The van der Waals surface area contributed by atoms with Gasteiger partial charge in [-0.25, -0.2) is 8.42 Å². The first-order valence-corrected chi connectivity index (χ1v) is 9.88. The second-order valence-corrected chi connectivity index (χ2v) is 7.66. The highest BCUT2D eigenvalue weighted by atomic mass is 32.2. The van der Waals surface area contributed by atoms with Crippen molar-refractivity contribution >= 4 is 33.0 Å². The van der Waals surface area contributed by atoms with Crippen LogP contribution in [0.2, 0.25) is 0 Å². The molecule has 0 spiro atoms. The SMILES string of the molecule is O=C(Cc1ccccc1[N+](=O)[O-])Nc1ccc(S(=O)(=O)Nc2cccnc2)cc1. The van der Waals surface area contributed by atoms with Crippen LogP contribution < -0.4 is 10.0 Å². The number of amides is 1. The number of nitrogens with zero attached hydrogens (tertiary/aromatic N) is 2. The average Bonchev–Trinajstić information content (AvgIpc) is 2.69. The van der Waals surface area contributed by atoms with E-state index < -0.39 is 20.9 Å². The van der Waals surface area contributed by atoms with Crippen molar-refractivity contribution in [3.05, 3.63) is 88.7 Å². The lowest BCUT2D eigenvalue weighted by atomic mass is 10.1. The summed E-state index contributed by atoms with van der Waals surface area (Å²) in [5.41, 5.74) is 0.851. The van der Waals surface area contributed by atoms with Gasteiger partial charge in [0.05, 0.1) is 28.1 Å². The number of rotatable bonds is 7. The number of anilines is 2. The molecule has 0 unspecified atom stereocenters. The number of pyridine rings is 1. The molecule has 29 heavy (non-hydrogen) atoms. The first-order chi connectivity index (χ1) is 13.8. The Labute approximate surface area is 166 Å². The fourth-order valence-electron chi connectivity index (χ4n) is 2.57. The van der Waals surface area contributed by atoms with E-state index in [1.54, 1.807) is 18.2 Å². The van der Waals surface area contributed by atoms with Crippen molar-refractivity contribution in [2.75, 3.05) is 10.0 Å². The van der Waals surface area contributed by atoms with E-state index in [-0.39, 0.29) is 22.6 Å². The Morgan fingerprint density at radius 3 is 2.38 bits per heavy atom. The lowest BCUT2D eigenvalue weighted by molar-refractivity contribution is -0.385. The summed E-state index contributed by atoms with van der Waals surface area (Å²) in [5, 5.41) is 13.6. The number of hydrogen-bond donors (Lipinski definition) is 2. The Morgan fingerprint density at radius 2 is 1.72 bits per heavy atom. The molecule has 0 aliphatic rings. The fraction of sp³-hybridized carbons (Fsp3) is 0.0526. The van der Waals surface area contributed by atoms with Crippen molar-refractivity contribution in [3.8, 4) is 0 Å². The molecule has 2 N–H and O–H groups in total. The van der Waals surface area contributed by atoms with Crippen LogP contribution in [0.3, 0.4) is 0 Å². The number of nitro groups is 1. The monoisotopic (exact) mass is 412 g/mol. The van der Waals surface area contributed by atoms with Gasteiger partial charge in [-0.15, -0.1) is 0 Å². The van der Waals surface area contributed by atoms with Crippen LogP contribution in [0, 0.1) is 10.1 Å². The summed E-state index contributed by atoms with van der Waals surface area (Å²) in [6.45, 7) is 0. The Bertz CT molecular complexity index is 1130. The molecule has 0 bridgehead atoms. The number of para-hydroxylation sites is 1. The van der Waals surface area contributed by atoms with E-state index in [4.69, 9.17) is 0 Å². The van der Waals surface area contributed by atoms with Crippen LogP contribution in [0.15, 0.2) is 78.0 Å². The molecule has 3 aromatic rings. The number of aromatic nitrogens is 1. The van der Waals surface area contributed by atoms with Crippen LogP contribution in [0.25, 0.3) is 0 Å². The lowest BCUT2D eigenvalue weighted by Gasteiger charge is -2.09. The fourth-order valence-corrected chi connectivity index (χ4v) is 3.61. The number of nitro benzene ring substituents is 1. The van der Waals surface area contributed by atoms with Crippen molar-refractivity contribution < 1.29 is 18.1 Å². The Hall–Kier alpha value is -3.79. The minimum atomic E-state index is -3.80. The van der Waals surface area contributed by atoms with E-state index in [9.17, 15) is 23.3 Å². The van der Waals surface area contributed by atoms with Gasteiger partial charge in [0, 0.05) is 23.5 Å². The molecule has 0 atom stereocenters. The van der Waals surface area contributed by atoms with Gasteiger partial charge in [0.25, 0.3) is 15.7 Å². The van der Waals surface area contributed by atoms with E-state index in [2.05, 4.69) is 15.0 Å². The molecule has 0 aliphatic heterocycles. The molecule has 1 aromatic heterocycles. The van der Waals surface area contributed by atoms with Crippen molar-refractivity contribution in [2.24, 2.45) is 0 Å². The first kappa shape index (κ1) is 20.0. The van der Waals surface area contributed by atoms with Crippen LogP contribution >= 0.6 is 0 Å². The van der Waals surface area contributed by atoms with Crippen LogP contribution in [0.1, 0.15) is 5.56 Å². The number of nitrogens with one attached hydrogen (secondary N) is 2. The lowest BCUT2D eigenvalue weighted by Crippen LogP contribution is -2.16. The molecule has 0 saturated carbocycles. The Balaban J connectivity index is 1.68. The molecule has 2 aromatic carbocycles. The Morgan fingerprint density at radius 1 is 1.00 bits per heavy atom. The molecular weight excluding hydrogens is 396 g/mol. The zero-order valence-corrected chi connectivity index (χ0v) is 15.8. The highest BCUT2D eigenvalue weighted by Gasteiger charge is 2.17. The number of carbonyl (C=O) groups is 1. The van der Waals surface area contributed by atoms with Gasteiger partial charge in [-0.2, -0.15) is 0 Å². The second kappa shape index (κ2) is 8.48. The van der Waals surface area contributed by atoms with Crippen molar-refractivity contribution in [2.45, 2.75) is 11.3 Å². The van der Waals surface area contributed by atoms with Gasteiger partial charge < -0.3 is 5.32 Å². The summed E-state index contributed by atoms with van der Waals surface area (Å²) < 4.78 is 27.2. The molecule has 3 rings (SSSR count). The van der Waals surface area contributed by atoms with E-state index in [1.807, 2.05) is 0 Å². The summed E-state index contributed by atoms with van der Waals surface area (Å²) in [6.07, 6.45) is 2.73. The molecule has 1 amide bonds. The van der Waals surface area contributed by atoms with Crippen molar-refractivity contribution in [3.63, 3.8) is 0 Å². The molecule has 9 nitrogen and oxygen atoms in total. The topological polar surface area (TPSA) is 131 Å². The predicted molar refractivity (Wildman–Crippen MR) is 107 cm³/mol. The molecule has 0 fully saturated rings. The number of carbonyl (C=O) groups excluding carboxylic acids is 1. The maximum Gasteiger partial charge on any atom is 0.273 e. The minimum Gasteiger partial charge on any atom is -0.326 e. The average molecular weight is 412 g/mol. The number of hydrogen-bond acceptors (Lipinski definition) is 6. The third-order valence-corrected chi connectivity index (χ3v) is 5.30. The maximum absolute atomic E-state index is 12.4. The molecule has 0 saturated heterocycles. The van der Waals surface area contributed by atoms with E-state index >= 15 is 0 Å². The number of sulfonamides is 1. The predicted octanol–water partition coefficient (Wildman–Crippen LogP) is 2.97. The highest BCUT2D eigenvalue weighted by Crippen LogP contribution is 2.20. The third kappa shape index (κ3) is 5.14. The summed E-state index contributed by atoms with van der Waals surface area (Å²) in [5.74, 6) is -0.455. The first-order valence-electron chi connectivity index (χ1n) is 8.40. The van der Waals surface area contributed by atoms with E-state index in [1.165, 1.54) is 54.9 Å². The van der Waals surface area contributed by atoms with Gasteiger partial charge in [0.2, 0.25) is 5.91 Å². The molecular formula is C19H16N4O5S.